The number of imidazole rings is 1. The summed E-state index contributed by atoms with van der Waals surface area (Å²) in [4.78, 5) is 42.1. The van der Waals surface area contributed by atoms with E-state index in [1.807, 2.05) is 0 Å². The molecule has 254 valence electrons. The number of amides is 2. The number of hydrogen-bond acceptors (Lipinski definition) is 5. The summed E-state index contributed by atoms with van der Waals surface area (Å²) in [6.07, 6.45) is -9.65. The molecule has 1 aliphatic rings. The van der Waals surface area contributed by atoms with E-state index in [0.29, 0.717) is 10.5 Å². The molecule has 4 aromatic rings. The number of carbonyl (C=O) groups is 2. The SMILES string of the molecule is O=C(NCc1ccc(OC(F)(F)F)cc1F)c1c2n(c(=O)n1-c1ccc(OCC(F)(F)F)cc1)CCN(C(=O)c1ccc(Br)c(Cl)c1)C2. The van der Waals surface area contributed by atoms with E-state index >= 15 is 0 Å². The van der Waals surface area contributed by atoms with Gasteiger partial charge in [0.1, 0.15) is 23.0 Å². The van der Waals surface area contributed by atoms with Crippen molar-refractivity contribution in [1.82, 2.24) is 19.4 Å². The van der Waals surface area contributed by atoms with E-state index < -0.39 is 54.8 Å². The molecule has 0 radical (unpaired) electrons. The van der Waals surface area contributed by atoms with Crippen LogP contribution in [0.25, 0.3) is 5.69 Å². The first kappa shape index (κ1) is 34.8. The maximum atomic E-state index is 14.6. The van der Waals surface area contributed by atoms with Crippen LogP contribution in [0.15, 0.2) is 69.9 Å². The van der Waals surface area contributed by atoms with Crippen LogP contribution in [0.2, 0.25) is 5.02 Å². The van der Waals surface area contributed by atoms with Crippen LogP contribution in [0, 0.1) is 5.82 Å². The van der Waals surface area contributed by atoms with E-state index in [9.17, 15) is 45.1 Å². The van der Waals surface area contributed by atoms with Crippen molar-refractivity contribution in [2.45, 2.75) is 32.2 Å². The quantitative estimate of drug-likeness (QED) is 0.204. The molecule has 0 aliphatic carbocycles. The molecule has 2 heterocycles. The number of carbonyl (C=O) groups excluding carboxylic acids is 2. The molecule has 18 heteroatoms. The Morgan fingerprint density at radius 2 is 1.62 bits per heavy atom. The van der Waals surface area contributed by atoms with Crippen LogP contribution < -0.4 is 20.5 Å². The van der Waals surface area contributed by atoms with E-state index in [2.05, 4.69) is 26.0 Å². The first-order chi connectivity index (χ1) is 22.5. The number of rotatable bonds is 8. The highest BCUT2D eigenvalue weighted by Crippen LogP contribution is 2.28. The number of nitrogens with zero attached hydrogens (tertiary/aromatic N) is 3. The average molecular weight is 766 g/mol. The highest BCUT2D eigenvalue weighted by atomic mass is 79.9. The van der Waals surface area contributed by atoms with Crippen molar-refractivity contribution in [2.24, 2.45) is 0 Å². The van der Waals surface area contributed by atoms with Gasteiger partial charge in [0.05, 0.1) is 22.9 Å². The predicted octanol–water partition coefficient (Wildman–Crippen LogP) is 6.62. The van der Waals surface area contributed by atoms with Crippen LogP contribution in [0.4, 0.5) is 30.7 Å². The van der Waals surface area contributed by atoms with E-state index in [-0.39, 0.29) is 58.6 Å². The molecule has 3 aromatic carbocycles. The van der Waals surface area contributed by atoms with Crippen molar-refractivity contribution in [3.8, 4) is 17.2 Å². The van der Waals surface area contributed by atoms with Crippen LogP contribution in [-0.4, -0.2) is 51.5 Å². The summed E-state index contributed by atoms with van der Waals surface area (Å²) >= 11 is 9.41. The molecule has 0 saturated heterocycles. The molecule has 0 atom stereocenters. The van der Waals surface area contributed by atoms with Gasteiger partial charge in [0.15, 0.2) is 6.61 Å². The molecule has 1 N–H and O–H groups in total. The zero-order valence-electron chi connectivity index (χ0n) is 24.1. The summed E-state index contributed by atoms with van der Waals surface area (Å²) in [6.45, 7) is -2.30. The molecule has 1 aliphatic heterocycles. The smallest absolute Gasteiger partial charge is 0.484 e. The highest BCUT2D eigenvalue weighted by Gasteiger charge is 2.34. The third kappa shape index (κ3) is 7.95. The van der Waals surface area contributed by atoms with Crippen molar-refractivity contribution < 1.29 is 49.8 Å². The molecule has 0 fully saturated rings. The molecule has 0 unspecified atom stereocenters. The van der Waals surface area contributed by atoms with Gasteiger partial charge in [-0.3, -0.25) is 18.7 Å². The second-order valence-corrected chi connectivity index (χ2v) is 11.6. The van der Waals surface area contributed by atoms with E-state index in [0.717, 1.165) is 16.7 Å². The molecule has 5 rings (SSSR count). The highest BCUT2D eigenvalue weighted by molar-refractivity contribution is 9.10. The van der Waals surface area contributed by atoms with Gasteiger partial charge in [0, 0.05) is 41.3 Å². The lowest BCUT2D eigenvalue weighted by atomic mass is 10.1. The topological polar surface area (TPSA) is 94.8 Å². The fraction of sp³-hybridized carbons (Fsp3) is 0.233. The van der Waals surface area contributed by atoms with E-state index in [1.165, 1.54) is 45.9 Å². The Hall–Kier alpha value is -4.51. The molecule has 0 saturated carbocycles. The lowest BCUT2D eigenvalue weighted by Crippen LogP contribution is -2.41. The Morgan fingerprint density at radius 1 is 0.938 bits per heavy atom. The van der Waals surface area contributed by atoms with E-state index in [4.69, 9.17) is 16.3 Å². The zero-order valence-corrected chi connectivity index (χ0v) is 26.4. The number of ether oxygens (including phenoxy) is 2. The van der Waals surface area contributed by atoms with Gasteiger partial charge in [-0.1, -0.05) is 17.7 Å². The van der Waals surface area contributed by atoms with Gasteiger partial charge in [-0.05, 0) is 64.5 Å². The fourth-order valence-corrected chi connectivity index (χ4v) is 5.33. The zero-order chi connectivity index (χ0) is 35.0. The Morgan fingerprint density at radius 3 is 2.25 bits per heavy atom. The summed E-state index contributed by atoms with van der Waals surface area (Å²) in [7, 11) is 0. The third-order valence-corrected chi connectivity index (χ3v) is 8.28. The standard InChI is InChI=1S/C30H21BrClF7N4O5/c31-21-8-2-16(11-22(21)32)27(45)41-9-10-42-24(14-41)25(26(44)40-13-17-1-5-20(12-23(17)33)48-30(37,38)39)43(28(42)46)18-3-6-19(7-4-18)47-15-29(34,35)36/h1-8,11-12H,9-10,13-15H2,(H,40,44). The predicted molar refractivity (Wildman–Crippen MR) is 160 cm³/mol. The molecule has 48 heavy (non-hydrogen) atoms. The second kappa shape index (κ2) is 13.5. The Balaban J connectivity index is 1.48. The van der Waals surface area contributed by atoms with Crippen molar-refractivity contribution in [3.05, 3.63) is 109 Å². The molecule has 2 amide bonds. The lowest BCUT2D eigenvalue weighted by Gasteiger charge is -2.28. The second-order valence-electron chi connectivity index (χ2n) is 10.3. The largest absolute Gasteiger partial charge is 0.573 e. The van der Waals surface area contributed by atoms with Gasteiger partial charge in [0.2, 0.25) is 0 Å². The molecule has 9 nitrogen and oxygen atoms in total. The number of aromatic nitrogens is 2. The Kier molecular flexibility index (Phi) is 9.82. The van der Waals surface area contributed by atoms with Crippen molar-refractivity contribution in [1.29, 1.82) is 0 Å². The lowest BCUT2D eigenvalue weighted by molar-refractivity contribution is -0.274. The third-order valence-electron chi connectivity index (χ3n) is 7.04. The minimum absolute atomic E-state index is 0.0421. The van der Waals surface area contributed by atoms with Gasteiger partial charge in [-0.2, -0.15) is 13.2 Å². The molecular weight excluding hydrogens is 745 g/mol. The minimum atomic E-state index is -5.05. The maximum absolute atomic E-state index is 14.6. The first-order valence-electron chi connectivity index (χ1n) is 13.7. The van der Waals surface area contributed by atoms with Crippen LogP contribution in [-0.2, 0) is 19.6 Å². The minimum Gasteiger partial charge on any atom is -0.484 e. The van der Waals surface area contributed by atoms with E-state index in [1.54, 1.807) is 6.07 Å². The molecule has 1 aromatic heterocycles. The molecule has 0 bridgehead atoms. The van der Waals surface area contributed by atoms with Crippen LogP contribution >= 0.6 is 27.5 Å². The Labute approximate surface area is 279 Å². The van der Waals surface area contributed by atoms with Gasteiger partial charge < -0.3 is 19.7 Å². The van der Waals surface area contributed by atoms with Gasteiger partial charge in [-0.15, -0.1) is 13.2 Å². The van der Waals surface area contributed by atoms with Gasteiger partial charge in [-0.25, -0.2) is 9.18 Å². The number of alkyl halides is 6. The number of halogens is 9. The maximum Gasteiger partial charge on any atom is 0.573 e. The van der Waals surface area contributed by atoms with Gasteiger partial charge in [0.25, 0.3) is 11.8 Å². The summed E-state index contributed by atoms with van der Waals surface area (Å²) in [5.41, 5.74) is -0.816. The monoisotopic (exact) mass is 764 g/mol. The van der Waals surface area contributed by atoms with Crippen LogP contribution in [0.3, 0.4) is 0 Å². The normalized spacial score (nSPS) is 13.2. The van der Waals surface area contributed by atoms with Gasteiger partial charge >= 0.3 is 18.2 Å². The summed E-state index contributed by atoms with van der Waals surface area (Å²) in [5, 5.41) is 2.72. The van der Waals surface area contributed by atoms with Crippen molar-refractivity contribution in [3.63, 3.8) is 0 Å². The number of benzene rings is 3. The van der Waals surface area contributed by atoms with Crippen LogP contribution in [0.1, 0.15) is 32.1 Å². The molecular formula is C30H21BrClF7N4O5. The summed E-state index contributed by atoms with van der Waals surface area (Å²) in [5.74, 6) is -3.49. The summed E-state index contributed by atoms with van der Waals surface area (Å²) < 4.78 is 101. The number of hydrogen-bond donors (Lipinski definition) is 1. The van der Waals surface area contributed by atoms with Crippen LogP contribution in [0.5, 0.6) is 11.5 Å². The van der Waals surface area contributed by atoms with Crippen molar-refractivity contribution >= 4 is 39.3 Å². The number of fused-ring (bicyclic) bond motifs is 1. The summed E-state index contributed by atoms with van der Waals surface area (Å²) in [6, 6.07) is 11.7. The fourth-order valence-electron chi connectivity index (χ4n) is 4.90. The average Bonchev–Trinajstić information content (AvgIpc) is 3.31. The molecule has 0 spiro atoms. The Bertz CT molecular complexity index is 1930. The number of nitrogens with one attached hydrogen (secondary N) is 1. The first-order valence-corrected chi connectivity index (χ1v) is 14.9. The van der Waals surface area contributed by atoms with Crippen molar-refractivity contribution in [2.75, 3.05) is 13.2 Å².